The van der Waals surface area contributed by atoms with Gasteiger partial charge < -0.3 is 5.32 Å². The third-order valence-electron chi connectivity index (χ3n) is 2.99. The normalized spacial score (nSPS) is 10.6. The maximum Gasteiger partial charge on any atom is 0.0444 e. The molecule has 0 saturated carbocycles. The van der Waals surface area contributed by atoms with Crippen molar-refractivity contribution in [3.8, 4) is 0 Å². The van der Waals surface area contributed by atoms with Gasteiger partial charge in [0.25, 0.3) is 0 Å². The van der Waals surface area contributed by atoms with Gasteiger partial charge in [0.1, 0.15) is 0 Å². The van der Waals surface area contributed by atoms with Crippen LogP contribution in [0.1, 0.15) is 30.0 Å². The summed E-state index contributed by atoms with van der Waals surface area (Å²) in [4.78, 5) is 4.12. The maximum absolute atomic E-state index is 6.34. The second kappa shape index (κ2) is 7.27. The molecular formula is C16H19ClN2. The molecule has 19 heavy (non-hydrogen) atoms. The smallest absolute Gasteiger partial charge is 0.0444 e. The molecule has 1 N–H and O–H groups in total. The Labute approximate surface area is 119 Å². The molecule has 1 aromatic carbocycles. The van der Waals surface area contributed by atoms with Crippen LogP contribution in [0, 0.1) is 0 Å². The van der Waals surface area contributed by atoms with Gasteiger partial charge in [0.2, 0.25) is 0 Å². The van der Waals surface area contributed by atoms with Crippen molar-refractivity contribution in [2.75, 3.05) is 6.54 Å². The zero-order valence-electron chi connectivity index (χ0n) is 11.2. The fourth-order valence-corrected chi connectivity index (χ4v) is 2.25. The minimum atomic E-state index is 0.829. The number of hydrogen-bond acceptors (Lipinski definition) is 2. The topological polar surface area (TPSA) is 24.9 Å². The van der Waals surface area contributed by atoms with Gasteiger partial charge in [-0.1, -0.05) is 36.7 Å². The molecule has 0 amide bonds. The molecule has 0 aliphatic rings. The number of aromatic nitrogens is 1. The first-order valence-corrected chi connectivity index (χ1v) is 7.04. The van der Waals surface area contributed by atoms with E-state index in [4.69, 9.17) is 11.6 Å². The Morgan fingerprint density at radius 2 is 2.11 bits per heavy atom. The lowest BCUT2D eigenvalue weighted by Gasteiger charge is -2.08. The quantitative estimate of drug-likeness (QED) is 0.810. The lowest BCUT2D eigenvalue weighted by molar-refractivity contribution is 0.675. The lowest BCUT2D eigenvalue weighted by Crippen LogP contribution is -2.13. The second-order valence-corrected chi connectivity index (χ2v) is 5.05. The summed E-state index contributed by atoms with van der Waals surface area (Å²) in [6.45, 7) is 4.08. The highest BCUT2D eigenvalue weighted by atomic mass is 35.5. The van der Waals surface area contributed by atoms with Gasteiger partial charge in [0.05, 0.1) is 0 Å². The van der Waals surface area contributed by atoms with Crippen molar-refractivity contribution in [1.82, 2.24) is 10.3 Å². The van der Waals surface area contributed by atoms with Crippen molar-refractivity contribution in [3.63, 3.8) is 0 Å². The molecule has 0 atom stereocenters. The van der Waals surface area contributed by atoms with Crippen LogP contribution in [0.25, 0.3) is 0 Å². The Balaban J connectivity index is 2.03. The summed E-state index contributed by atoms with van der Waals surface area (Å²) in [6.07, 6.45) is 5.64. The Hall–Kier alpha value is -1.38. The Morgan fingerprint density at radius 1 is 1.21 bits per heavy atom. The van der Waals surface area contributed by atoms with E-state index in [0.29, 0.717) is 0 Å². The van der Waals surface area contributed by atoms with Crippen LogP contribution in [-0.4, -0.2) is 11.5 Å². The van der Waals surface area contributed by atoms with E-state index in [1.807, 2.05) is 12.3 Å². The third-order valence-corrected chi connectivity index (χ3v) is 3.34. The molecule has 0 radical (unpaired) electrons. The van der Waals surface area contributed by atoms with Crippen molar-refractivity contribution in [2.45, 2.75) is 26.3 Å². The fourth-order valence-electron chi connectivity index (χ4n) is 1.98. The number of benzene rings is 1. The summed E-state index contributed by atoms with van der Waals surface area (Å²) in [5.41, 5.74) is 3.56. The van der Waals surface area contributed by atoms with Gasteiger partial charge >= 0.3 is 0 Å². The molecule has 2 rings (SSSR count). The molecule has 100 valence electrons. The van der Waals surface area contributed by atoms with Gasteiger partial charge in [0, 0.05) is 30.4 Å². The average Bonchev–Trinajstić information content (AvgIpc) is 2.43. The zero-order chi connectivity index (χ0) is 13.5. The molecular weight excluding hydrogens is 256 g/mol. The Bertz CT molecular complexity index is 511. The SMILES string of the molecule is CCCNCc1ccc(Cc2cccnc2)c(Cl)c1. The number of nitrogens with zero attached hydrogens (tertiary/aromatic N) is 1. The molecule has 3 heteroatoms. The van der Waals surface area contributed by atoms with Gasteiger partial charge in [-0.25, -0.2) is 0 Å². The first-order chi connectivity index (χ1) is 9.29. The van der Waals surface area contributed by atoms with E-state index in [1.54, 1.807) is 6.20 Å². The van der Waals surface area contributed by atoms with Crippen molar-refractivity contribution in [3.05, 3.63) is 64.4 Å². The number of nitrogens with one attached hydrogen (secondary N) is 1. The van der Waals surface area contributed by atoms with Gasteiger partial charge in [-0.2, -0.15) is 0 Å². The molecule has 1 aromatic heterocycles. The monoisotopic (exact) mass is 274 g/mol. The van der Waals surface area contributed by atoms with Gasteiger partial charge in [-0.05, 0) is 41.8 Å². The van der Waals surface area contributed by atoms with Crippen LogP contribution in [0.5, 0.6) is 0 Å². The van der Waals surface area contributed by atoms with Crippen LogP contribution in [-0.2, 0) is 13.0 Å². The molecule has 0 aliphatic carbocycles. The summed E-state index contributed by atoms with van der Waals surface area (Å²) >= 11 is 6.34. The van der Waals surface area contributed by atoms with E-state index >= 15 is 0 Å². The third kappa shape index (κ3) is 4.34. The average molecular weight is 275 g/mol. The summed E-state index contributed by atoms with van der Waals surface area (Å²) in [6, 6.07) is 10.3. The highest BCUT2D eigenvalue weighted by Crippen LogP contribution is 2.20. The second-order valence-electron chi connectivity index (χ2n) is 4.64. The predicted octanol–water partition coefficient (Wildman–Crippen LogP) is 3.83. The van der Waals surface area contributed by atoms with E-state index in [9.17, 15) is 0 Å². The minimum Gasteiger partial charge on any atom is -0.313 e. The molecule has 1 heterocycles. The number of pyridine rings is 1. The summed E-state index contributed by atoms with van der Waals surface area (Å²) in [7, 11) is 0. The van der Waals surface area contributed by atoms with Gasteiger partial charge in [-0.15, -0.1) is 0 Å². The first-order valence-electron chi connectivity index (χ1n) is 6.66. The Kier molecular flexibility index (Phi) is 5.37. The van der Waals surface area contributed by atoms with Crippen LogP contribution < -0.4 is 5.32 Å². The highest BCUT2D eigenvalue weighted by Gasteiger charge is 2.03. The number of hydrogen-bond donors (Lipinski definition) is 1. The summed E-state index contributed by atoms with van der Waals surface area (Å²) in [5.74, 6) is 0. The van der Waals surface area contributed by atoms with Crippen molar-refractivity contribution in [1.29, 1.82) is 0 Å². The van der Waals surface area contributed by atoms with E-state index in [0.717, 1.165) is 36.5 Å². The van der Waals surface area contributed by atoms with Crippen LogP contribution in [0.15, 0.2) is 42.7 Å². The van der Waals surface area contributed by atoms with E-state index in [1.165, 1.54) is 11.1 Å². The predicted molar refractivity (Wildman–Crippen MR) is 80.5 cm³/mol. The first kappa shape index (κ1) is 14.0. The summed E-state index contributed by atoms with van der Waals surface area (Å²) in [5, 5.41) is 4.21. The standard InChI is InChI=1S/C16H19ClN2/c1-2-7-18-12-14-5-6-15(16(17)10-14)9-13-4-3-8-19-11-13/h3-6,8,10-11,18H,2,7,9,12H2,1H3. The van der Waals surface area contributed by atoms with Gasteiger partial charge in [0.15, 0.2) is 0 Å². The van der Waals surface area contributed by atoms with Crippen molar-refractivity contribution < 1.29 is 0 Å². The summed E-state index contributed by atoms with van der Waals surface area (Å²) < 4.78 is 0. The van der Waals surface area contributed by atoms with Crippen LogP contribution in [0.4, 0.5) is 0 Å². The van der Waals surface area contributed by atoms with Gasteiger partial charge in [-0.3, -0.25) is 4.98 Å². The lowest BCUT2D eigenvalue weighted by atomic mass is 10.0. The Morgan fingerprint density at radius 3 is 2.79 bits per heavy atom. The van der Waals surface area contributed by atoms with Crippen LogP contribution in [0.3, 0.4) is 0 Å². The van der Waals surface area contributed by atoms with Crippen molar-refractivity contribution in [2.24, 2.45) is 0 Å². The van der Waals surface area contributed by atoms with E-state index in [2.05, 4.69) is 41.5 Å². The molecule has 0 saturated heterocycles. The molecule has 0 fully saturated rings. The fraction of sp³-hybridized carbons (Fsp3) is 0.312. The zero-order valence-corrected chi connectivity index (χ0v) is 12.0. The molecule has 2 aromatic rings. The largest absolute Gasteiger partial charge is 0.313 e. The van der Waals surface area contributed by atoms with E-state index in [-0.39, 0.29) is 0 Å². The van der Waals surface area contributed by atoms with Crippen LogP contribution in [0.2, 0.25) is 5.02 Å². The number of halogens is 1. The van der Waals surface area contributed by atoms with E-state index < -0.39 is 0 Å². The molecule has 0 aliphatic heterocycles. The van der Waals surface area contributed by atoms with Crippen molar-refractivity contribution >= 4 is 11.6 Å². The number of rotatable bonds is 6. The maximum atomic E-state index is 6.34. The minimum absolute atomic E-state index is 0.829. The van der Waals surface area contributed by atoms with Crippen LogP contribution >= 0.6 is 11.6 Å². The molecule has 0 spiro atoms. The highest BCUT2D eigenvalue weighted by molar-refractivity contribution is 6.31. The molecule has 0 unspecified atom stereocenters. The molecule has 0 bridgehead atoms. The molecule has 2 nitrogen and oxygen atoms in total.